The fourth-order valence-electron chi connectivity index (χ4n) is 2.77. The number of carbonyl (C=O) groups excluding carboxylic acids is 2. The Morgan fingerprint density at radius 3 is 2.96 bits per heavy atom. The highest BCUT2D eigenvalue weighted by Gasteiger charge is 2.31. The van der Waals surface area contributed by atoms with Gasteiger partial charge in [-0.2, -0.15) is 0 Å². The number of thioether (sulfide) groups is 1. The summed E-state index contributed by atoms with van der Waals surface area (Å²) in [5, 5.41) is 4.92. The zero-order valence-corrected chi connectivity index (χ0v) is 15.3. The quantitative estimate of drug-likeness (QED) is 0.736. The van der Waals surface area contributed by atoms with E-state index in [9.17, 15) is 9.59 Å². The van der Waals surface area contributed by atoms with Crippen LogP contribution in [0, 0.1) is 0 Å². The lowest BCUT2D eigenvalue weighted by atomic mass is 10.2. The molecule has 3 heterocycles. The Kier molecular flexibility index (Phi) is 4.77. The summed E-state index contributed by atoms with van der Waals surface area (Å²) >= 11 is 2.92. The van der Waals surface area contributed by atoms with Gasteiger partial charge in [-0.15, -0.1) is 23.1 Å². The molecule has 4 rings (SSSR count). The number of nitrogens with zero attached hydrogens (tertiary/aromatic N) is 2. The smallest absolute Gasteiger partial charge is 0.246 e. The highest BCUT2D eigenvalue weighted by molar-refractivity contribution is 7.99. The van der Waals surface area contributed by atoms with Gasteiger partial charge in [0.1, 0.15) is 12.3 Å². The molecular weight excluding hydrogens is 370 g/mol. The number of benzene rings is 1. The van der Waals surface area contributed by atoms with Crippen LogP contribution >= 0.6 is 23.1 Å². The van der Waals surface area contributed by atoms with Gasteiger partial charge >= 0.3 is 0 Å². The normalized spacial score (nSPS) is 16.8. The molecular formula is C18H15N3O3S2. The van der Waals surface area contributed by atoms with Crippen molar-refractivity contribution in [3.63, 3.8) is 0 Å². The van der Waals surface area contributed by atoms with E-state index in [1.165, 1.54) is 16.2 Å². The molecule has 1 unspecified atom stereocenters. The third-order valence-electron chi connectivity index (χ3n) is 3.93. The topological polar surface area (TPSA) is 75.4 Å². The fraction of sp³-hybridized carbons (Fsp3) is 0.167. The van der Waals surface area contributed by atoms with Crippen molar-refractivity contribution in [2.45, 2.75) is 16.6 Å². The van der Waals surface area contributed by atoms with Gasteiger partial charge < -0.3 is 14.6 Å². The SMILES string of the molecule is O=C(CN1C(=O)CC(c2ccco2)Sc2ccccc21)Nc1nccs1. The first-order valence-corrected chi connectivity index (χ1v) is 9.75. The minimum Gasteiger partial charge on any atom is -0.468 e. The van der Waals surface area contributed by atoms with Crippen LogP contribution in [-0.4, -0.2) is 23.3 Å². The van der Waals surface area contributed by atoms with Crippen molar-refractivity contribution >= 4 is 45.7 Å². The number of hydrogen-bond donors (Lipinski definition) is 1. The van der Waals surface area contributed by atoms with Crippen LogP contribution in [0.3, 0.4) is 0 Å². The van der Waals surface area contributed by atoms with Gasteiger partial charge in [0.15, 0.2) is 5.13 Å². The van der Waals surface area contributed by atoms with E-state index in [0.29, 0.717) is 5.13 Å². The molecule has 132 valence electrons. The van der Waals surface area contributed by atoms with E-state index in [4.69, 9.17) is 4.42 Å². The number of amides is 2. The summed E-state index contributed by atoms with van der Waals surface area (Å²) in [6.45, 7) is -0.0547. The Balaban J connectivity index is 1.60. The highest BCUT2D eigenvalue weighted by atomic mass is 32.2. The van der Waals surface area contributed by atoms with Gasteiger partial charge in [-0.05, 0) is 24.3 Å². The summed E-state index contributed by atoms with van der Waals surface area (Å²) in [7, 11) is 0. The molecule has 0 fully saturated rings. The van der Waals surface area contributed by atoms with Gasteiger partial charge in [-0.1, -0.05) is 12.1 Å². The lowest BCUT2D eigenvalue weighted by Gasteiger charge is -2.21. The Bertz CT molecular complexity index is 910. The Hall–Kier alpha value is -2.58. The number of nitrogens with one attached hydrogen (secondary N) is 1. The van der Waals surface area contributed by atoms with E-state index in [0.717, 1.165) is 16.3 Å². The first kappa shape index (κ1) is 16.9. The van der Waals surface area contributed by atoms with Crippen molar-refractivity contribution in [3.8, 4) is 0 Å². The number of aromatic nitrogens is 1. The minimum absolute atomic E-state index is 0.0547. The molecule has 1 atom stereocenters. The third kappa shape index (κ3) is 3.51. The van der Waals surface area contributed by atoms with Gasteiger partial charge in [0.05, 0.1) is 17.2 Å². The summed E-state index contributed by atoms with van der Waals surface area (Å²) < 4.78 is 5.50. The number of thiazole rings is 1. The van der Waals surface area contributed by atoms with Crippen LogP contribution in [0.4, 0.5) is 10.8 Å². The summed E-state index contributed by atoms with van der Waals surface area (Å²) in [6, 6.07) is 11.3. The first-order valence-electron chi connectivity index (χ1n) is 7.99. The second-order valence-electron chi connectivity index (χ2n) is 5.66. The van der Waals surface area contributed by atoms with Crippen LogP contribution in [0.5, 0.6) is 0 Å². The Labute approximate surface area is 158 Å². The molecule has 6 nitrogen and oxygen atoms in total. The van der Waals surface area contributed by atoms with Crippen molar-refractivity contribution in [1.29, 1.82) is 0 Å². The molecule has 0 saturated carbocycles. The summed E-state index contributed by atoms with van der Waals surface area (Å²) in [5.74, 6) is 0.370. The van der Waals surface area contributed by atoms with Crippen LogP contribution in [-0.2, 0) is 9.59 Å². The Morgan fingerprint density at radius 1 is 1.31 bits per heavy atom. The van der Waals surface area contributed by atoms with Gasteiger partial charge in [-0.25, -0.2) is 4.98 Å². The van der Waals surface area contributed by atoms with Crippen LogP contribution in [0.2, 0.25) is 0 Å². The first-order chi connectivity index (χ1) is 12.7. The van der Waals surface area contributed by atoms with Crippen molar-refractivity contribution in [1.82, 2.24) is 4.98 Å². The van der Waals surface area contributed by atoms with Gasteiger partial charge in [-0.3, -0.25) is 9.59 Å². The molecule has 8 heteroatoms. The molecule has 26 heavy (non-hydrogen) atoms. The molecule has 0 saturated heterocycles. The molecule has 0 aliphatic carbocycles. The van der Waals surface area contributed by atoms with Crippen molar-refractivity contribution in [2.24, 2.45) is 0 Å². The molecule has 2 amide bonds. The van der Waals surface area contributed by atoms with E-state index in [2.05, 4.69) is 10.3 Å². The zero-order chi connectivity index (χ0) is 17.9. The maximum atomic E-state index is 12.9. The van der Waals surface area contributed by atoms with Gasteiger partial charge in [0.2, 0.25) is 11.8 Å². The molecule has 1 aliphatic heterocycles. The predicted octanol–water partition coefficient (Wildman–Crippen LogP) is 3.94. The molecule has 1 aromatic carbocycles. The van der Waals surface area contributed by atoms with E-state index in [1.54, 1.807) is 29.6 Å². The second kappa shape index (κ2) is 7.35. The van der Waals surface area contributed by atoms with E-state index in [1.807, 2.05) is 36.4 Å². The van der Waals surface area contributed by atoms with Crippen molar-refractivity contribution in [3.05, 3.63) is 60.0 Å². The van der Waals surface area contributed by atoms with Crippen LogP contribution in [0.1, 0.15) is 17.4 Å². The molecule has 0 radical (unpaired) electrons. The monoisotopic (exact) mass is 385 g/mol. The minimum atomic E-state index is -0.274. The number of hydrogen-bond acceptors (Lipinski definition) is 6. The van der Waals surface area contributed by atoms with Crippen molar-refractivity contribution < 1.29 is 14.0 Å². The van der Waals surface area contributed by atoms with Crippen LogP contribution in [0.25, 0.3) is 0 Å². The van der Waals surface area contributed by atoms with Crippen LogP contribution < -0.4 is 10.2 Å². The molecule has 1 aliphatic rings. The zero-order valence-electron chi connectivity index (χ0n) is 13.6. The van der Waals surface area contributed by atoms with E-state index >= 15 is 0 Å². The standard InChI is InChI=1S/C18H15N3O3S2/c22-16(20-18-19-7-9-25-18)11-21-12-4-1-2-6-14(12)26-15(10-17(21)23)13-5-3-8-24-13/h1-9,15H,10-11H2,(H,19,20,22). The number of fused-ring (bicyclic) bond motifs is 1. The number of para-hydroxylation sites is 1. The molecule has 0 bridgehead atoms. The van der Waals surface area contributed by atoms with Crippen molar-refractivity contribution in [2.75, 3.05) is 16.8 Å². The second-order valence-corrected chi connectivity index (χ2v) is 7.80. The van der Waals surface area contributed by atoms with Gasteiger partial charge in [0, 0.05) is 22.9 Å². The number of anilines is 2. The predicted molar refractivity (Wildman–Crippen MR) is 101 cm³/mol. The summed E-state index contributed by atoms with van der Waals surface area (Å²) in [4.78, 5) is 31.8. The average Bonchev–Trinajstić information content (AvgIpc) is 3.31. The van der Waals surface area contributed by atoms with E-state index < -0.39 is 0 Å². The number of rotatable bonds is 4. The summed E-state index contributed by atoms with van der Waals surface area (Å²) in [6.07, 6.45) is 3.49. The fourth-order valence-corrected chi connectivity index (χ4v) is 4.56. The summed E-state index contributed by atoms with van der Waals surface area (Å²) in [5.41, 5.74) is 0.742. The molecule has 3 aromatic rings. The van der Waals surface area contributed by atoms with Gasteiger partial charge in [0.25, 0.3) is 0 Å². The largest absolute Gasteiger partial charge is 0.468 e. The number of carbonyl (C=O) groups is 2. The maximum absolute atomic E-state index is 12.9. The molecule has 1 N–H and O–H groups in total. The lowest BCUT2D eigenvalue weighted by molar-refractivity contribution is -0.121. The molecule has 2 aromatic heterocycles. The average molecular weight is 385 g/mol. The number of furan rings is 1. The highest BCUT2D eigenvalue weighted by Crippen LogP contribution is 2.45. The molecule has 0 spiro atoms. The third-order valence-corrected chi connectivity index (χ3v) is 5.90. The lowest BCUT2D eigenvalue weighted by Crippen LogP contribution is -2.38. The van der Waals surface area contributed by atoms with Crippen LogP contribution in [0.15, 0.2) is 63.6 Å². The maximum Gasteiger partial charge on any atom is 0.246 e. The Morgan fingerprint density at radius 2 is 2.19 bits per heavy atom. The van der Waals surface area contributed by atoms with E-state index in [-0.39, 0.29) is 30.0 Å².